The van der Waals surface area contributed by atoms with Crippen LogP contribution >= 0.6 is 0 Å². The monoisotopic (exact) mass is 303 g/mol. The molecule has 1 amide bonds. The Morgan fingerprint density at radius 3 is 2.27 bits per heavy atom. The van der Waals surface area contributed by atoms with Gasteiger partial charge in [0.15, 0.2) is 0 Å². The van der Waals surface area contributed by atoms with E-state index < -0.39 is 24.2 Å². The lowest BCUT2D eigenvalue weighted by atomic mass is 9.77. The molecule has 0 bridgehead atoms. The van der Waals surface area contributed by atoms with Gasteiger partial charge in [0, 0.05) is 5.56 Å². The normalized spacial score (nSPS) is 20.2. The largest absolute Gasteiger partial charge is 0.492 e. The lowest BCUT2D eigenvalue weighted by Gasteiger charge is -2.32. The molecule has 1 heterocycles. The number of hydrogen-bond acceptors (Lipinski definition) is 4. The first kappa shape index (κ1) is 16.7. The zero-order valence-corrected chi connectivity index (χ0v) is 13.4. The third-order valence-electron chi connectivity index (χ3n) is 4.31. The smallest absolute Gasteiger partial charge is 0.400 e. The zero-order valence-electron chi connectivity index (χ0n) is 13.4. The molecule has 3 N–H and O–H groups in total. The van der Waals surface area contributed by atoms with E-state index in [0.717, 1.165) is 0 Å². The summed E-state index contributed by atoms with van der Waals surface area (Å²) < 4.78 is 11.8. The molecule has 1 aliphatic rings. The Labute approximate surface area is 131 Å². The third-order valence-corrected chi connectivity index (χ3v) is 4.31. The van der Waals surface area contributed by atoms with Crippen molar-refractivity contribution in [2.75, 3.05) is 6.61 Å². The molecule has 6 heteroatoms. The highest BCUT2D eigenvalue weighted by atomic mass is 16.7. The summed E-state index contributed by atoms with van der Waals surface area (Å²) >= 11 is 0. The molecule has 0 radical (unpaired) electrons. The van der Waals surface area contributed by atoms with E-state index in [1.165, 1.54) is 0 Å². The van der Waals surface area contributed by atoms with E-state index >= 15 is 0 Å². The summed E-state index contributed by atoms with van der Waals surface area (Å²) in [5.41, 5.74) is 5.97. The van der Waals surface area contributed by atoms with Crippen molar-refractivity contribution < 1.29 is 19.2 Å². The topological polar surface area (TPSA) is 81.8 Å². The quantitative estimate of drug-likeness (QED) is 0.831. The summed E-state index contributed by atoms with van der Waals surface area (Å²) in [6.07, 6.45) is 1.70. The fourth-order valence-corrected chi connectivity index (χ4v) is 2.23. The molecule has 1 aromatic rings. The summed E-state index contributed by atoms with van der Waals surface area (Å²) in [7, 11) is -0.657. The van der Waals surface area contributed by atoms with Gasteiger partial charge in [-0.25, -0.2) is 0 Å². The van der Waals surface area contributed by atoms with E-state index in [2.05, 4.69) is 0 Å². The van der Waals surface area contributed by atoms with E-state index in [1.54, 1.807) is 30.3 Å². The molecule has 1 aliphatic heterocycles. The summed E-state index contributed by atoms with van der Waals surface area (Å²) in [6.45, 7) is 7.54. The number of benzene rings is 1. The van der Waals surface area contributed by atoms with Crippen LogP contribution in [0.1, 0.15) is 43.6 Å². The summed E-state index contributed by atoms with van der Waals surface area (Å²) in [6, 6.07) is 6.96. The molecule has 0 aliphatic carbocycles. The van der Waals surface area contributed by atoms with E-state index in [4.69, 9.17) is 15.0 Å². The van der Waals surface area contributed by atoms with Gasteiger partial charge in [-0.05, 0) is 44.8 Å². The summed E-state index contributed by atoms with van der Waals surface area (Å²) in [4.78, 5) is 11.5. The van der Waals surface area contributed by atoms with Crippen LogP contribution in [0.3, 0.4) is 0 Å². The lowest BCUT2D eigenvalue weighted by Crippen LogP contribution is -2.41. The van der Waals surface area contributed by atoms with Crippen molar-refractivity contribution in [3.63, 3.8) is 0 Å². The van der Waals surface area contributed by atoms with E-state index in [9.17, 15) is 9.90 Å². The fraction of sp³-hybridized carbons (Fsp3) is 0.438. The van der Waals surface area contributed by atoms with Gasteiger partial charge in [-0.2, -0.15) is 0 Å². The second-order valence-electron chi connectivity index (χ2n) is 6.42. The maximum atomic E-state index is 11.5. The van der Waals surface area contributed by atoms with E-state index in [0.29, 0.717) is 16.6 Å². The van der Waals surface area contributed by atoms with Gasteiger partial charge < -0.3 is 20.1 Å². The second-order valence-corrected chi connectivity index (χ2v) is 6.42. The van der Waals surface area contributed by atoms with Crippen molar-refractivity contribution in [3.05, 3.63) is 40.9 Å². The minimum Gasteiger partial charge on any atom is -0.400 e. The maximum absolute atomic E-state index is 11.5. The highest BCUT2D eigenvalue weighted by molar-refractivity contribution is 6.55. The molecule has 0 aromatic heterocycles. The van der Waals surface area contributed by atoms with Crippen LogP contribution in [-0.4, -0.2) is 35.9 Å². The lowest BCUT2D eigenvalue weighted by molar-refractivity contribution is 0.00578. The third kappa shape index (κ3) is 3.09. The minimum absolute atomic E-state index is 0.232. The average Bonchev–Trinajstić information content (AvgIpc) is 2.64. The van der Waals surface area contributed by atoms with Gasteiger partial charge in [0.05, 0.1) is 17.8 Å². The number of carbonyl (C=O) groups excluding carboxylic acids is 1. The molecule has 0 atom stereocenters. The molecule has 0 saturated carbocycles. The Bertz CT molecular complexity index is 594. The van der Waals surface area contributed by atoms with Crippen LogP contribution in [0.4, 0.5) is 0 Å². The minimum atomic E-state index is -0.657. The molecule has 0 spiro atoms. The molecule has 1 fully saturated rings. The van der Waals surface area contributed by atoms with Crippen LogP contribution in [-0.2, 0) is 9.31 Å². The SMILES string of the molecule is CC1(C)OB(C(=Cc2ccccc2C(N)=O)CO)OC1(C)C. The maximum Gasteiger partial charge on any atom is 0.492 e. The van der Waals surface area contributed by atoms with Crippen molar-refractivity contribution in [2.24, 2.45) is 5.73 Å². The average molecular weight is 303 g/mol. The first-order valence-electron chi connectivity index (χ1n) is 7.24. The number of amides is 1. The van der Waals surface area contributed by atoms with Crippen LogP contribution in [0, 0.1) is 0 Å². The molecule has 1 saturated heterocycles. The molecule has 118 valence electrons. The standard InChI is InChI=1S/C16H22BNO4/c1-15(2)16(3,4)22-17(21-15)12(10-19)9-11-7-5-6-8-13(11)14(18)20/h5-9,19H,10H2,1-4H3,(H2,18,20). The Morgan fingerprint density at radius 2 is 1.77 bits per heavy atom. The molecular weight excluding hydrogens is 281 g/mol. The van der Waals surface area contributed by atoms with Crippen LogP contribution in [0.25, 0.3) is 6.08 Å². The summed E-state index contributed by atoms with van der Waals surface area (Å²) in [5, 5.41) is 9.67. The number of nitrogens with two attached hydrogens (primary N) is 1. The number of rotatable bonds is 4. The van der Waals surface area contributed by atoms with Crippen molar-refractivity contribution >= 4 is 19.1 Å². The van der Waals surface area contributed by atoms with Gasteiger partial charge in [0.1, 0.15) is 0 Å². The second kappa shape index (κ2) is 5.87. The van der Waals surface area contributed by atoms with Crippen LogP contribution in [0.15, 0.2) is 29.7 Å². The van der Waals surface area contributed by atoms with Crippen molar-refractivity contribution in [2.45, 2.75) is 38.9 Å². The molecule has 2 rings (SSSR count). The number of carbonyl (C=O) groups is 1. The first-order chi connectivity index (χ1) is 10.2. The molecular formula is C16H22BNO4. The van der Waals surface area contributed by atoms with Gasteiger partial charge >= 0.3 is 7.12 Å². The Hall–Kier alpha value is -1.63. The zero-order chi connectivity index (χ0) is 16.5. The predicted molar refractivity (Wildman–Crippen MR) is 86.1 cm³/mol. The fourth-order valence-electron chi connectivity index (χ4n) is 2.23. The van der Waals surface area contributed by atoms with Gasteiger partial charge in [-0.1, -0.05) is 24.3 Å². The Morgan fingerprint density at radius 1 is 1.23 bits per heavy atom. The Kier molecular flexibility index (Phi) is 4.47. The Balaban J connectivity index is 2.36. The van der Waals surface area contributed by atoms with Crippen molar-refractivity contribution in [3.8, 4) is 0 Å². The molecule has 1 aromatic carbocycles. The highest BCUT2D eigenvalue weighted by Crippen LogP contribution is 2.38. The van der Waals surface area contributed by atoms with Crippen molar-refractivity contribution in [1.29, 1.82) is 0 Å². The van der Waals surface area contributed by atoms with Crippen molar-refractivity contribution in [1.82, 2.24) is 0 Å². The highest BCUT2D eigenvalue weighted by Gasteiger charge is 2.52. The van der Waals surface area contributed by atoms with Crippen LogP contribution in [0.2, 0.25) is 0 Å². The predicted octanol–water partition coefficient (Wildman–Crippen LogP) is 1.79. The van der Waals surface area contributed by atoms with Gasteiger partial charge in [0.25, 0.3) is 0 Å². The number of primary amides is 1. The van der Waals surface area contributed by atoms with Gasteiger partial charge in [0.2, 0.25) is 5.91 Å². The number of aliphatic hydroxyl groups is 1. The first-order valence-corrected chi connectivity index (χ1v) is 7.24. The van der Waals surface area contributed by atoms with E-state index in [1.807, 2.05) is 27.7 Å². The van der Waals surface area contributed by atoms with Gasteiger partial charge in [-0.3, -0.25) is 4.79 Å². The molecule has 0 unspecified atom stereocenters. The molecule has 22 heavy (non-hydrogen) atoms. The summed E-state index contributed by atoms with van der Waals surface area (Å²) in [5.74, 6) is -0.516. The number of aliphatic hydroxyl groups excluding tert-OH is 1. The van der Waals surface area contributed by atoms with E-state index in [-0.39, 0.29) is 6.61 Å². The van der Waals surface area contributed by atoms with Gasteiger partial charge in [-0.15, -0.1) is 0 Å². The number of hydrogen-bond donors (Lipinski definition) is 2. The van der Waals surface area contributed by atoms with Crippen LogP contribution < -0.4 is 5.73 Å². The van der Waals surface area contributed by atoms with Crippen LogP contribution in [0.5, 0.6) is 0 Å². The molecule has 5 nitrogen and oxygen atoms in total.